The van der Waals surface area contributed by atoms with Crippen molar-refractivity contribution in [1.82, 2.24) is 9.88 Å². The van der Waals surface area contributed by atoms with Crippen molar-refractivity contribution in [2.24, 2.45) is 0 Å². The van der Waals surface area contributed by atoms with Crippen molar-refractivity contribution in [3.05, 3.63) is 95.1 Å². The fourth-order valence-electron chi connectivity index (χ4n) is 4.20. The Hall–Kier alpha value is -4.20. The van der Waals surface area contributed by atoms with E-state index in [1.165, 1.54) is 17.0 Å². The largest absolute Gasteiger partial charge is 0.507 e. The zero-order chi connectivity index (χ0) is 23.7. The number of aromatic nitrogens is 1. The molecule has 5 rings (SSSR count). The fraction of sp³-hybridized carbons (Fsp3) is 0.192. The molecule has 172 valence electrons. The van der Waals surface area contributed by atoms with E-state index in [0.717, 1.165) is 5.56 Å². The van der Waals surface area contributed by atoms with Crippen LogP contribution in [0.3, 0.4) is 0 Å². The monoisotopic (exact) mass is 460 g/mol. The molecular formula is C26H21FN2O5. The van der Waals surface area contributed by atoms with Crippen LogP contribution in [0, 0.1) is 5.82 Å². The predicted molar refractivity (Wildman–Crippen MR) is 121 cm³/mol. The summed E-state index contributed by atoms with van der Waals surface area (Å²) in [6.45, 7) is 0.992. The standard InChI is InChI=1S/C26H21FN2O5/c27-18-7-4-16(5-8-18)10-12-29-23(19-3-1-2-11-28-19)22(25(31)26(29)32)24(30)17-6-9-20-21(15-17)34-14-13-33-20/h1-9,11,15,23,30H,10,12-14H2/b24-22-. The summed E-state index contributed by atoms with van der Waals surface area (Å²) in [5.41, 5.74) is 1.57. The van der Waals surface area contributed by atoms with E-state index in [1.807, 2.05) is 0 Å². The SMILES string of the molecule is O=C1C(=O)N(CCc2ccc(F)cc2)C(c2ccccn2)/C1=C(/O)c1ccc2c(c1)OCCO2. The highest BCUT2D eigenvalue weighted by atomic mass is 19.1. The van der Waals surface area contributed by atoms with Crippen molar-refractivity contribution >= 4 is 17.4 Å². The molecule has 0 aliphatic carbocycles. The second-order valence-electron chi connectivity index (χ2n) is 7.98. The molecule has 1 saturated heterocycles. The van der Waals surface area contributed by atoms with E-state index in [0.29, 0.717) is 42.4 Å². The van der Waals surface area contributed by atoms with Gasteiger partial charge in [-0.2, -0.15) is 0 Å². The van der Waals surface area contributed by atoms with Gasteiger partial charge in [0.1, 0.15) is 30.8 Å². The number of Topliss-reactive ketones (excluding diaryl/α,β-unsaturated/α-hetero) is 1. The second kappa shape index (κ2) is 8.97. The van der Waals surface area contributed by atoms with Gasteiger partial charge in [-0.1, -0.05) is 18.2 Å². The zero-order valence-corrected chi connectivity index (χ0v) is 18.1. The molecule has 1 aromatic heterocycles. The van der Waals surface area contributed by atoms with E-state index in [9.17, 15) is 19.1 Å². The van der Waals surface area contributed by atoms with E-state index >= 15 is 0 Å². The van der Waals surface area contributed by atoms with Crippen LogP contribution in [0.15, 0.2) is 72.4 Å². The van der Waals surface area contributed by atoms with Gasteiger partial charge in [-0.3, -0.25) is 14.6 Å². The minimum Gasteiger partial charge on any atom is -0.507 e. The Kier molecular flexibility index (Phi) is 5.71. The average Bonchev–Trinajstić information content (AvgIpc) is 3.13. The van der Waals surface area contributed by atoms with Gasteiger partial charge in [-0.25, -0.2) is 4.39 Å². The maximum atomic E-state index is 13.3. The first-order valence-electron chi connectivity index (χ1n) is 10.9. The molecule has 0 bridgehead atoms. The lowest BCUT2D eigenvalue weighted by Crippen LogP contribution is -2.32. The topological polar surface area (TPSA) is 89.0 Å². The van der Waals surface area contributed by atoms with E-state index in [-0.39, 0.29) is 23.7 Å². The number of pyridine rings is 1. The number of aliphatic hydroxyl groups is 1. The summed E-state index contributed by atoms with van der Waals surface area (Å²) in [4.78, 5) is 31.9. The lowest BCUT2D eigenvalue weighted by molar-refractivity contribution is -0.139. The average molecular weight is 460 g/mol. The summed E-state index contributed by atoms with van der Waals surface area (Å²) in [6, 6.07) is 15.2. The number of fused-ring (bicyclic) bond motifs is 1. The number of rotatable bonds is 5. The van der Waals surface area contributed by atoms with Gasteiger partial charge in [0.15, 0.2) is 11.5 Å². The summed E-state index contributed by atoms with van der Waals surface area (Å²) >= 11 is 0. The van der Waals surface area contributed by atoms with Gasteiger partial charge >= 0.3 is 0 Å². The molecular weight excluding hydrogens is 439 g/mol. The van der Waals surface area contributed by atoms with Crippen LogP contribution in [0.1, 0.15) is 22.9 Å². The number of hydrogen-bond donors (Lipinski definition) is 1. The summed E-state index contributed by atoms with van der Waals surface area (Å²) in [5.74, 6) is -1.18. The van der Waals surface area contributed by atoms with Gasteiger partial charge < -0.3 is 19.5 Å². The molecule has 1 atom stereocenters. The Morgan fingerprint density at radius 1 is 1.03 bits per heavy atom. The van der Waals surface area contributed by atoms with Crippen molar-refractivity contribution in [2.75, 3.05) is 19.8 Å². The van der Waals surface area contributed by atoms with Gasteiger partial charge in [0.05, 0.1) is 11.3 Å². The van der Waals surface area contributed by atoms with Crippen molar-refractivity contribution in [1.29, 1.82) is 0 Å². The number of halogens is 1. The molecule has 0 spiro atoms. The summed E-state index contributed by atoms with van der Waals surface area (Å²) in [6.07, 6.45) is 1.97. The van der Waals surface area contributed by atoms with Crippen LogP contribution < -0.4 is 9.47 Å². The maximum Gasteiger partial charge on any atom is 0.295 e. The number of benzene rings is 2. The Balaban J connectivity index is 1.54. The minimum absolute atomic E-state index is 0.0421. The smallest absolute Gasteiger partial charge is 0.295 e. The quantitative estimate of drug-likeness (QED) is 0.355. The number of nitrogens with zero attached hydrogens (tertiary/aromatic N) is 2. The molecule has 7 nitrogen and oxygen atoms in total. The lowest BCUT2D eigenvalue weighted by Gasteiger charge is -2.24. The summed E-state index contributed by atoms with van der Waals surface area (Å²) in [7, 11) is 0. The molecule has 0 saturated carbocycles. The highest BCUT2D eigenvalue weighted by Crippen LogP contribution is 2.40. The predicted octanol–water partition coefficient (Wildman–Crippen LogP) is 3.66. The van der Waals surface area contributed by atoms with E-state index in [1.54, 1.807) is 54.7 Å². The third kappa shape index (κ3) is 3.98. The van der Waals surface area contributed by atoms with Crippen molar-refractivity contribution in [2.45, 2.75) is 12.5 Å². The van der Waals surface area contributed by atoms with Crippen molar-refractivity contribution < 1.29 is 28.6 Å². The highest BCUT2D eigenvalue weighted by molar-refractivity contribution is 6.46. The third-order valence-electron chi connectivity index (χ3n) is 5.88. The van der Waals surface area contributed by atoms with Gasteiger partial charge in [-0.05, 0) is 54.4 Å². The Morgan fingerprint density at radius 3 is 2.53 bits per heavy atom. The second-order valence-corrected chi connectivity index (χ2v) is 7.98. The number of carbonyl (C=O) groups is 2. The van der Waals surface area contributed by atoms with E-state index in [2.05, 4.69) is 4.98 Å². The maximum absolute atomic E-state index is 13.3. The van der Waals surface area contributed by atoms with Crippen LogP contribution >= 0.6 is 0 Å². The minimum atomic E-state index is -0.866. The summed E-state index contributed by atoms with van der Waals surface area (Å²) in [5, 5.41) is 11.2. The lowest BCUT2D eigenvalue weighted by atomic mass is 9.98. The number of carbonyl (C=O) groups excluding carboxylic acids is 2. The molecule has 2 aliphatic heterocycles. The molecule has 0 radical (unpaired) electrons. The number of aliphatic hydroxyl groups excluding tert-OH is 1. The number of ether oxygens (including phenoxy) is 2. The van der Waals surface area contributed by atoms with E-state index < -0.39 is 17.7 Å². The Morgan fingerprint density at radius 2 is 1.79 bits per heavy atom. The normalized spacial score (nSPS) is 18.9. The Labute approximate surface area is 195 Å². The Bertz CT molecular complexity index is 1270. The van der Waals surface area contributed by atoms with Crippen LogP contribution in [-0.2, 0) is 16.0 Å². The van der Waals surface area contributed by atoms with Crippen molar-refractivity contribution in [3.8, 4) is 11.5 Å². The molecule has 1 unspecified atom stereocenters. The van der Waals surface area contributed by atoms with Crippen LogP contribution in [0.4, 0.5) is 4.39 Å². The summed E-state index contributed by atoms with van der Waals surface area (Å²) < 4.78 is 24.4. The number of ketones is 1. The number of hydrogen-bond acceptors (Lipinski definition) is 6. The fourth-order valence-corrected chi connectivity index (χ4v) is 4.20. The molecule has 3 heterocycles. The first-order valence-corrected chi connectivity index (χ1v) is 10.9. The molecule has 2 aliphatic rings. The first kappa shape index (κ1) is 21.6. The zero-order valence-electron chi connectivity index (χ0n) is 18.1. The van der Waals surface area contributed by atoms with Crippen LogP contribution in [0.2, 0.25) is 0 Å². The third-order valence-corrected chi connectivity index (χ3v) is 5.88. The van der Waals surface area contributed by atoms with Crippen LogP contribution in [-0.4, -0.2) is 46.4 Å². The molecule has 3 aromatic rings. The highest BCUT2D eigenvalue weighted by Gasteiger charge is 2.46. The molecule has 34 heavy (non-hydrogen) atoms. The van der Waals surface area contributed by atoms with Crippen molar-refractivity contribution in [3.63, 3.8) is 0 Å². The first-order chi connectivity index (χ1) is 16.5. The molecule has 1 N–H and O–H groups in total. The number of likely N-dealkylation sites (tertiary alicyclic amines) is 1. The van der Waals surface area contributed by atoms with Crippen LogP contribution in [0.25, 0.3) is 5.76 Å². The molecule has 8 heteroatoms. The van der Waals surface area contributed by atoms with Gasteiger partial charge in [0, 0.05) is 18.3 Å². The van der Waals surface area contributed by atoms with E-state index in [4.69, 9.17) is 9.47 Å². The molecule has 2 aromatic carbocycles. The van der Waals surface area contributed by atoms with Gasteiger partial charge in [0.25, 0.3) is 11.7 Å². The molecule has 1 fully saturated rings. The number of amides is 1. The van der Waals surface area contributed by atoms with Gasteiger partial charge in [0.2, 0.25) is 0 Å². The van der Waals surface area contributed by atoms with Gasteiger partial charge in [-0.15, -0.1) is 0 Å². The molecule has 1 amide bonds. The van der Waals surface area contributed by atoms with Crippen LogP contribution in [0.5, 0.6) is 11.5 Å².